The number of hydrogen-bond acceptors (Lipinski definition) is 3. The van der Waals surface area contributed by atoms with E-state index in [9.17, 15) is 4.79 Å². The summed E-state index contributed by atoms with van der Waals surface area (Å²) in [4.78, 5) is 11.3. The SMILES string of the molecule is C[C@@H](N)C(=O)NCC1Cc2ccccc2O1. The van der Waals surface area contributed by atoms with Gasteiger partial charge in [0.2, 0.25) is 5.91 Å². The maximum Gasteiger partial charge on any atom is 0.236 e. The van der Waals surface area contributed by atoms with Crippen molar-refractivity contribution in [3.05, 3.63) is 29.8 Å². The standard InChI is InChI=1S/C12H16N2O2/c1-8(13)12(15)14-7-10-6-9-4-2-3-5-11(9)16-10/h2-5,8,10H,6-7,13H2,1H3,(H,14,15)/t8-,10?/m1/s1. The Bertz CT molecular complexity index is 365. The summed E-state index contributed by atoms with van der Waals surface area (Å²) >= 11 is 0. The molecule has 1 aromatic rings. The lowest BCUT2D eigenvalue weighted by molar-refractivity contribution is -0.122. The molecule has 0 saturated heterocycles. The number of para-hydroxylation sites is 1. The van der Waals surface area contributed by atoms with Crippen LogP contribution in [0.25, 0.3) is 0 Å². The van der Waals surface area contributed by atoms with Gasteiger partial charge < -0.3 is 15.8 Å². The highest BCUT2D eigenvalue weighted by atomic mass is 16.5. The van der Waals surface area contributed by atoms with Crippen LogP contribution in [0, 0.1) is 0 Å². The third kappa shape index (κ3) is 2.33. The second-order valence-corrected chi connectivity index (χ2v) is 4.09. The zero-order valence-electron chi connectivity index (χ0n) is 9.27. The molecule has 0 aromatic heterocycles. The monoisotopic (exact) mass is 220 g/mol. The molecule has 1 amide bonds. The lowest BCUT2D eigenvalue weighted by Crippen LogP contribution is -2.42. The van der Waals surface area contributed by atoms with E-state index in [-0.39, 0.29) is 12.0 Å². The number of benzene rings is 1. The fourth-order valence-electron chi connectivity index (χ4n) is 1.74. The zero-order valence-corrected chi connectivity index (χ0v) is 9.27. The van der Waals surface area contributed by atoms with Crippen molar-refractivity contribution in [2.75, 3.05) is 6.54 Å². The Morgan fingerprint density at radius 1 is 1.62 bits per heavy atom. The summed E-state index contributed by atoms with van der Waals surface area (Å²) < 4.78 is 5.68. The van der Waals surface area contributed by atoms with Gasteiger partial charge in [0.15, 0.2) is 0 Å². The lowest BCUT2D eigenvalue weighted by Gasteiger charge is -2.13. The van der Waals surface area contributed by atoms with Crippen LogP contribution < -0.4 is 15.8 Å². The maximum atomic E-state index is 11.3. The van der Waals surface area contributed by atoms with Crippen LogP contribution in [0.4, 0.5) is 0 Å². The molecule has 86 valence electrons. The molecular weight excluding hydrogens is 204 g/mol. The van der Waals surface area contributed by atoms with Crippen LogP contribution in [-0.2, 0) is 11.2 Å². The molecule has 0 aliphatic carbocycles. The van der Waals surface area contributed by atoms with E-state index in [0.717, 1.165) is 12.2 Å². The topological polar surface area (TPSA) is 64.4 Å². The highest BCUT2D eigenvalue weighted by molar-refractivity contribution is 5.80. The summed E-state index contributed by atoms with van der Waals surface area (Å²) in [5, 5.41) is 2.77. The van der Waals surface area contributed by atoms with Crippen LogP contribution in [0.15, 0.2) is 24.3 Å². The van der Waals surface area contributed by atoms with Crippen molar-refractivity contribution in [2.45, 2.75) is 25.5 Å². The second-order valence-electron chi connectivity index (χ2n) is 4.09. The molecule has 0 fully saturated rings. The Labute approximate surface area is 94.8 Å². The van der Waals surface area contributed by atoms with E-state index in [2.05, 4.69) is 5.32 Å². The summed E-state index contributed by atoms with van der Waals surface area (Å²) in [6.45, 7) is 2.18. The molecular formula is C12H16N2O2. The highest BCUT2D eigenvalue weighted by Crippen LogP contribution is 2.27. The molecule has 0 spiro atoms. The van der Waals surface area contributed by atoms with Gasteiger partial charge in [-0.25, -0.2) is 0 Å². The van der Waals surface area contributed by atoms with E-state index in [1.807, 2.05) is 24.3 Å². The van der Waals surface area contributed by atoms with Gasteiger partial charge in [-0.2, -0.15) is 0 Å². The third-order valence-corrected chi connectivity index (χ3v) is 2.63. The molecule has 2 atom stereocenters. The van der Waals surface area contributed by atoms with Crippen LogP contribution in [0.2, 0.25) is 0 Å². The zero-order chi connectivity index (χ0) is 11.5. The number of rotatable bonds is 3. The summed E-state index contributed by atoms with van der Waals surface area (Å²) in [5.41, 5.74) is 6.65. The third-order valence-electron chi connectivity index (χ3n) is 2.63. The Kier molecular flexibility index (Phi) is 3.10. The summed E-state index contributed by atoms with van der Waals surface area (Å²) in [6, 6.07) is 7.46. The first-order chi connectivity index (χ1) is 7.66. The van der Waals surface area contributed by atoms with Gasteiger partial charge in [-0.15, -0.1) is 0 Å². The fraction of sp³-hybridized carbons (Fsp3) is 0.417. The van der Waals surface area contributed by atoms with E-state index in [4.69, 9.17) is 10.5 Å². The summed E-state index contributed by atoms with van der Waals surface area (Å²) in [7, 11) is 0. The molecule has 0 saturated carbocycles. The predicted molar refractivity (Wildman–Crippen MR) is 61.2 cm³/mol. The Morgan fingerprint density at radius 2 is 2.38 bits per heavy atom. The first-order valence-electron chi connectivity index (χ1n) is 5.44. The molecule has 16 heavy (non-hydrogen) atoms. The van der Waals surface area contributed by atoms with Crippen molar-refractivity contribution >= 4 is 5.91 Å². The molecule has 1 aromatic carbocycles. The van der Waals surface area contributed by atoms with E-state index in [0.29, 0.717) is 6.54 Å². The molecule has 1 unspecified atom stereocenters. The van der Waals surface area contributed by atoms with Crippen molar-refractivity contribution < 1.29 is 9.53 Å². The van der Waals surface area contributed by atoms with Crippen LogP contribution in [0.3, 0.4) is 0 Å². The van der Waals surface area contributed by atoms with Crippen molar-refractivity contribution in [1.82, 2.24) is 5.32 Å². The van der Waals surface area contributed by atoms with Gasteiger partial charge in [-0.05, 0) is 18.6 Å². The normalized spacial score (nSPS) is 19.8. The van der Waals surface area contributed by atoms with E-state index in [1.165, 1.54) is 5.56 Å². The number of carbonyl (C=O) groups is 1. The average molecular weight is 220 g/mol. The Morgan fingerprint density at radius 3 is 3.06 bits per heavy atom. The summed E-state index contributed by atoms with van der Waals surface area (Å²) in [5.74, 6) is 0.780. The fourth-order valence-corrected chi connectivity index (χ4v) is 1.74. The summed E-state index contributed by atoms with van der Waals surface area (Å²) in [6.07, 6.45) is 0.871. The minimum Gasteiger partial charge on any atom is -0.488 e. The van der Waals surface area contributed by atoms with E-state index >= 15 is 0 Å². The van der Waals surface area contributed by atoms with Crippen molar-refractivity contribution in [2.24, 2.45) is 5.73 Å². The molecule has 1 aliphatic heterocycles. The molecule has 3 N–H and O–H groups in total. The number of fused-ring (bicyclic) bond motifs is 1. The minimum absolute atomic E-state index is 0.0279. The molecule has 1 heterocycles. The number of nitrogens with two attached hydrogens (primary N) is 1. The first kappa shape index (κ1) is 11.0. The van der Waals surface area contributed by atoms with E-state index < -0.39 is 6.04 Å². The minimum atomic E-state index is -0.469. The van der Waals surface area contributed by atoms with Crippen LogP contribution in [0.5, 0.6) is 5.75 Å². The first-order valence-corrected chi connectivity index (χ1v) is 5.44. The van der Waals surface area contributed by atoms with Gasteiger partial charge in [0.1, 0.15) is 11.9 Å². The number of amides is 1. The Hall–Kier alpha value is -1.55. The van der Waals surface area contributed by atoms with Crippen LogP contribution in [0.1, 0.15) is 12.5 Å². The number of nitrogens with one attached hydrogen (secondary N) is 1. The molecule has 4 heteroatoms. The Balaban J connectivity index is 1.86. The van der Waals surface area contributed by atoms with Crippen molar-refractivity contribution in [3.8, 4) is 5.75 Å². The maximum absolute atomic E-state index is 11.3. The molecule has 0 radical (unpaired) electrons. The predicted octanol–water partition coefficient (Wildman–Crippen LogP) is 0.454. The van der Waals surface area contributed by atoms with Gasteiger partial charge in [-0.1, -0.05) is 18.2 Å². The van der Waals surface area contributed by atoms with Crippen LogP contribution in [-0.4, -0.2) is 24.6 Å². The second kappa shape index (κ2) is 4.53. The smallest absolute Gasteiger partial charge is 0.236 e. The van der Waals surface area contributed by atoms with Gasteiger partial charge in [0.05, 0.1) is 12.6 Å². The van der Waals surface area contributed by atoms with Gasteiger partial charge >= 0.3 is 0 Å². The largest absolute Gasteiger partial charge is 0.488 e. The van der Waals surface area contributed by atoms with Gasteiger partial charge in [0.25, 0.3) is 0 Å². The van der Waals surface area contributed by atoms with Crippen LogP contribution >= 0.6 is 0 Å². The lowest BCUT2D eigenvalue weighted by atomic mass is 10.1. The molecule has 0 bridgehead atoms. The number of ether oxygens (including phenoxy) is 1. The quantitative estimate of drug-likeness (QED) is 0.777. The van der Waals surface area contributed by atoms with Gasteiger partial charge in [-0.3, -0.25) is 4.79 Å². The number of carbonyl (C=O) groups excluding carboxylic acids is 1. The average Bonchev–Trinajstić information content (AvgIpc) is 2.68. The van der Waals surface area contributed by atoms with Gasteiger partial charge in [0, 0.05) is 6.42 Å². The van der Waals surface area contributed by atoms with E-state index in [1.54, 1.807) is 6.92 Å². The van der Waals surface area contributed by atoms with Crippen molar-refractivity contribution in [3.63, 3.8) is 0 Å². The number of hydrogen-bond donors (Lipinski definition) is 2. The molecule has 2 rings (SSSR count). The molecule has 1 aliphatic rings. The highest BCUT2D eigenvalue weighted by Gasteiger charge is 2.22. The molecule has 4 nitrogen and oxygen atoms in total. The van der Waals surface area contributed by atoms with Crippen molar-refractivity contribution in [1.29, 1.82) is 0 Å².